The summed E-state index contributed by atoms with van der Waals surface area (Å²) in [7, 11) is 0. The fourth-order valence-electron chi connectivity index (χ4n) is 1.35. The largest absolute Gasteiger partial charge is 0.502 e. The molecule has 0 saturated carbocycles. The number of hydrogen-bond donors (Lipinski definition) is 1. The van der Waals surface area contributed by atoms with Crippen molar-refractivity contribution in [2.75, 3.05) is 0 Å². The van der Waals surface area contributed by atoms with E-state index >= 15 is 0 Å². The van der Waals surface area contributed by atoms with E-state index in [4.69, 9.17) is 0 Å². The van der Waals surface area contributed by atoms with E-state index in [1.165, 1.54) is 12.1 Å². The molecule has 2 rings (SSSR count). The van der Waals surface area contributed by atoms with Crippen molar-refractivity contribution >= 4 is 16.6 Å². The third-order valence-corrected chi connectivity index (χ3v) is 1.98. The predicted molar refractivity (Wildman–Crippen MR) is 55.6 cm³/mol. The molecule has 0 amide bonds. The SMILES string of the molecule is C.O=[N+]([O-])c1ccc(O)c2[nH+]cccc12. The fraction of sp³-hybridized carbons (Fsp3) is 0.100. The van der Waals surface area contributed by atoms with Gasteiger partial charge in [-0.25, -0.2) is 4.98 Å². The molecule has 1 aromatic carbocycles. The highest BCUT2D eigenvalue weighted by Crippen LogP contribution is 2.28. The molecule has 0 atom stereocenters. The molecule has 0 unspecified atom stereocenters. The second kappa shape index (κ2) is 3.91. The number of benzene rings is 1. The maximum Gasteiger partial charge on any atom is 0.283 e. The van der Waals surface area contributed by atoms with Crippen LogP contribution in [0, 0.1) is 10.1 Å². The van der Waals surface area contributed by atoms with Crippen molar-refractivity contribution in [3.8, 4) is 5.75 Å². The Morgan fingerprint density at radius 3 is 2.73 bits per heavy atom. The monoisotopic (exact) mass is 207 g/mol. The first kappa shape index (κ1) is 10.9. The lowest BCUT2D eigenvalue weighted by molar-refractivity contribution is -0.384. The minimum atomic E-state index is -0.477. The first-order chi connectivity index (χ1) is 6.70. The number of aromatic nitrogens is 1. The standard InChI is InChI=1S/C9H6N2O3.CH4/c12-8-4-3-7(11(13)14)6-2-1-5-10-9(6)8;/h1-5,12H;1H4/p+1. The second-order valence-electron chi connectivity index (χ2n) is 2.82. The summed E-state index contributed by atoms with van der Waals surface area (Å²) in [4.78, 5) is 12.9. The van der Waals surface area contributed by atoms with Gasteiger partial charge in [-0.05, 0) is 12.1 Å². The smallest absolute Gasteiger partial charge is 0.283 e. The first-order valence-electron chi connectivity index (χ1n) is 3.97. The van der Waals surface area contributed by atoms with E-state index in [-0.39, 0.29) is 18.9 Å². The van der Waals surface area contributed by atoms with Crippen molar-refractivity contribution in [1.82, 2.24) is 0 Å². The zero-order valence-corrected chi connectivity index (χ0v) is 7.10. The first-order valence-corrected chi connectivity index (χ1v) is 3.97. The summed E-state index contributed by atoms with van der Waals surface area (Å²) in [5.74, 6) is 0.00574. The van der Waals surface area contributed by atoms with Gasteiger partial charge in [-0.2, -0.15) is 0 Å². The van der Waals surface area contributed by atoms with Gasteiger partial charge in [0.1, 0.15) is 5.39 Å². The summed E-state index contributed by atoms with van der Waals surface area (Å²) in [6.45, 7) is 0. The van der Waals surface area contributed by atoms with Crippen LogP contribution in [-0.4, -0.2) is 10.0 Å². The Labute approximate surface area is 86.2 Å². The van der Waals surface area contributed by atoms with E-state index in [2.05, 4.69) is 4.98 Å². The summed E-state index contributed by atoms with van der Waals surface area (Å²) in [6, 6.07) is 5.82. The Bertz CT molecular complexity index is 511. The number of phenolic OH excluding ortho intramolecular Hbond substituents is 1. The Hall–Kier alpha value is -2.17. The van der Waals surface area contributed by atoms with Crippen LogP contribution in [0.25, 0.3) is 10.9 Å². The van der Waals surface area contributed by atoms with Gasteiger partial charge < -0.3 is 5.11 Å². The van der Waals surface area contributed by atoms with Crippen molar-refractivity contribution in [3.05, 3.63) is 40.6 Å². The second-order valence-corrected chi connectivity index (χ2v) is 2.82. The molecule has 0 bridgehead atoms. The molecule has 1 heterocycles. The molecule has 78 valence electrons. The summed E-state index contributed by atoms with van der Waals surface area (Å²) in [5, 5.41) is 20.5. The van der Waals surface area contributed by atoms with Gasteiger partial charge >= 0.3 is 0 Å². The maximum atomic E-state index is 10.6. The minimum absolute atomic E-state index is 0. The van der Waals surface area contributed by atoms with Gasteiger partial charge in [0.25, 0.3) is 11.2 Å². The van der Waals surface area contributed by atoms with E-state index in [9.17, 15) is 15.2 Å². The average Bonchev–Trinajstić information content (AvgIpc) is 2.18. The van der Waals surface area contributed by atoms with Gasteiger partial charge in [-0.15, -0.1) is 0 Å². The van der Waals surface area contributed by atoms with Crippen LogP contribution in [-0.2, 0) is 0 Å². The van der Waals surface area contributed by atoms with Gasteiger partial charge in [-0.3, -0.25) is 10.1 Å². The summed E-state index contributed by atoms with van der Waals surface area (Å²) in [6.07, 6.45) is 1.60. The third-order valence-electron chi connectivity index (χ3n) is 1.98. The number of hydrogen-bond acceptors (Lipinski definition) is 3. The molecule has 1 aromatic heterocycles. The van der Waals surface area contributed by atoms with Crippen LogP contribution in [0.5, 0.6) is 5.75 Å². The zero-order valence-electron chi connectivity index (χ0n) is 7.10. The average molecular weight is 207 g/mol. The van der Waals surface area contributed by atoms with E-state index in [1.807, 2.05) is 0 Å². The van der Waals surface area contributed by atoms with Crippen molar-refractivity contribution in [3.63, 3.8) is 0 Å². The number of rotatable bonds is 1. The summed E-state index contributed by atoms with van der Waals surface area (Å²) >= 11 is 0. The molecule has 0 saturated heterocycles. The van der Waals surface area contributed by atoms with Gasteiger partial charge in [0.05, 0.1) is 4.92 Å². The summed E-state index contributed by atoms with van der Waals surface area (Å²) in [5.41, 5.74) is 0.358. The van der Waals surface area contributed by atoms with Crippen LogP contribution in [0.4, 0.5) is 5.69 Å². The van der Waals surface area contributed by atoms with E-state index in [1.54, 1.807) is 18.3 Å². The molecule has 0 fully saturated rings. The molecule has 0 aliphatic rings. The normalized spacial score (nSPS) is 9.60. The number of nitrogens with zero attached hydrogens (tertiary/aromatic N) is 1. The molecule has 0 aliphatic carbocycles. The molecule has 5 heteroatoms. The number of phenols is 1. The maximum absolute atomic E-state index is 10.6. The number of non-ortho nitro benzene ring substituents is 1. The number of H-pyrrole nitrogens is 1. The van der Waals surface area contributed by atoms with Crippen LogP contribution in [0.15, 0.2) is 30.5 Å². The molecule has 0 spiro atoms. The number of pyridine rings is 1. The van der Waals surface area contributed by atoms with Crippen LogP contribution in [0.3, 0.4) is 0 Å². The van der Waals surface area contributed by atoms with Crippen molar-refractivity contribution in [2.24, 2.45) is 0 Å². The van der Waals surface area contributed by atoms with Gasteiger partial charge in [0.15, 0.2) is 11.9 Å². The molecular formula is C10H11N2O3+. The van der Waals surface area contributed by atoms with Crippen molar-refractivity contribution < 1.29 is 15.0 Å². The van der Waals surface area contributed by atoms with Crippen LogP contribution < -0.4 is 4.98 Å². The Morgan fingerprint density at radius 1 is 1.33 bits per heavy atom. The number of fused-ring (bicyclic) bond motifs is 1. The van der Waals surface area contributed by atoms with Crippen molar-refractivity contribution in [1.29, 1.82) is 0 Å². The number of nitro groups is 1. The lowest BCUT2D eigenvalue weighted by Gasteiger charge is -1.95. The lowest BCUT2D eigenvalue weighted by Crippen LogP contribution is -2.03. The molecule has 5 nitrogen and oxygen atoms in total. The van der Waals surface area contributed by atoms with Crippen LogP contribution in [0.1, 0.15) is 7.43 Å². The third kappa shape index (κ3) is 1.71. The molecule has 0 radical (unpaired) electrons. The topological polar surface area (TPSA) is 77.5 Å². The van der Waals surface area contributed by atoms with Gasteiger partial charge in [0, 0.05) is 12.1 Å². The molecule has 15 heavy (non-hydrogen) atoms. The summed E-state index contributed by atoms with van der Waals surface area (Å²) < 4.78 is 0. The van der Waals surface area contributed by atoms with E-state index in [0.717, 1.165) is 0 Å². The predicted octanol–water partition coefficient (Wildman–Crippen LogP) is 1.90. The minimum Gasteiger partial charge on any atom is -0.502 e. The van der Waals surface area contributed by atoms with Crippen LogP contribution in [0.2, 0.25) is 0 Å². The van der Waals surface area contributed by atoms with Crippen LogP contribution >= 0.6 is 0 Å². The van der Waals surface area contributed by atoms with E-state index in [0.29, 0.717) is 10.9 Å². The van der Waals surface area contributed by atoms with Gasteiger partial charge in [0.2, 0.25) is 0 Å². The molecule has 2 N–H and O–H groups in total. The Balaban J connectivity index is 0.00000112. The molecule has 0 aliphatic heterocycles. The number of nitrogens with one attached hydrogen (secondary N) is 1. The highest BCUT2D eigenvalue weighted by atomic mass is 16.6. The Kier molecular flexibility index (Phi) is 2.85. The number of aromatic amines is 1. The molecule has 2 aromatic rings. The quantitative estimate of drug-likeness (QED) is 0.573. The van der Waals surface area contributed by atoms with E-state index < -0.39 is 4.92 Å². The fourth-order valence-corrected chi connectivity index (χ4v) is 1.35. The van der Waals surface area contributed by atoms with Crippen molar-refractivity contribution in [2.45, 2.75) is 7.43 Å². The number of nitro benzene ring substituents is 1. The lowest BCUT2D eigenvalue weighted by atomic mass is 10.2. The molecular weight excluding hydrogens is 196 g/mol. The Morgan fingerprint density at radius 2 is 2.07 bits per heavy atom. The highest BCUT2D eigenvalue weighted by Gasteiger charge is 2.17. The van der Waals surface area contributed by atoms with Gasteiger partial charge in [-0.1, -0.05) is 7.43 Å². The zero-order chi connectivity index (χ0) is 10.1. The number of aromatic hydroxyl groups is 1. The highest BCUT2D eigenvalue weighted by molar-refractivity contribution is 5.89.